The highest BCUT2D eigenvalue weighted by Crippen LogP contribution is 2.29. The zero-order valence-electron chi connectivity index (χ0n) is 10.7. The summed E-state index contributed by atoms with van der Waals surface area (Å²) in [6, 6.07) is 2.14. The van der Waals surface area contributed by atoms with Crippen molar-refractivity contribution in [3.05, 3.63) is 31.6 Å². The first-order valence-electron chi connectivity index (χ1n) is 5.96. The van der Waals surface area contributed by atoms with Gasteiger partial charge in [0.05, 0.1) is 14.4 Å². The van der Waals surface area contributed by atoms with Gasteiger partial charge < -0.3 is 10.4 Å². The van der Waals surface area contributed by atoms with Crippen LogP contribution in [-0.4, -0.2) is 22.5 Å². The lowest BCUT2D eigenvalue weighted by molar-refractivity contribution is -0.384. The number of anilines is 1. The number of aliphatic carboxylic acids is 1. The van der Waals surface area contributed by atoms with Crippen molar-refractivity contribution in [3.63, 3.8) is 0 Å². The van der Waals surface area contributed by atoms with Gasteiger partial charge in [0.25, 0.3) is 5.69 Å². The number of carboxylic acid groups (broad SMARTS) is 1. The van der Waals surface area contributed by atoms with E-state index in [2.05, 4.69) is 5.32 Å². The molecule has 1 unspecified atom stereocenters. The van der Waals surface area contributed by atoms with Crippen LogP contribution in [0.3, 0.4) is 0 Å². The predicted molar refractivity (Wildman–Crippen MR) is 80.3 cm³/mol. The van der Waals surface area contributed by atoms with E-state index in [1.165, 1.54) is 0 Å². The lowest BCUT2D eigenvalue weighted by atomic mass is 10.0. The van der Waals surface area contributed by atoms with Gasteiger partial charge in [-0.05, 0) is 29.0 Å². The molecule has 2 N–H and O–H groups in total. The number of carbonyl (C=O) groups is 1. The molecule has 0 saturated carbocycles. The second kappa shape index (κ2) is 7.36. The molecule has 0 spiro atoms. The Bertz CT molecular complexity index is 524. The highest BCUT2D eigenvalue weighted by molar-refractivity contribution is 14.1. The van der Waals surface area contributed by atoms with E-state index >= 15 is 0 Å². The van der Waals surface area contributed by atoms with E-state index in [0.717, 1.165) is 12.1 Å². The summed E-state index contributed by atoms with van der Waals surface area (Å²) >= 11 is 1.66. The molecule has 0 saturated heterocycles. The minimum absolute atomic E-state index is 0.00438. The van der Waals surface area contributed by atoms with Gasteiger partial charge in [0.15, 0.2) is 0 Å². The Kier molecular flexibility index (Phi) is 6.11. The predicted octanol–water partition coefficient (Wildman–Crippen LogP) is 3.25. The van der Waals surface area contributed by atoms with E-state index in [1.54, 1.807) is 22.6 Å². The summed E-state index contributed by atoms with van der Waals surface area (Å²) in [6.07, 6.45) is 1.13. The number of nitro benzene ring substituents is 1. The fourth-order valence-electron chi connectivity index (χ4n) is 1.72. The molecule has 1 atom stereocenters. The molecule has 110 valence electrons. The fraction of sp³-hybridized carbons (Fsp3) is 0.417. The van der Waals surface area contributed by atoms with Gasteiger partial charge in [0.2, 0.25) is 0 Å². The third-order valence-electron chi connectivity index (χ3n) is 2.76. The summed E-state index contributed by atoms with van der Waals surface area (Å²) in [5, 5.41) is 22.6. The Morgan fingerprint density at radius 1 is 1.60 bits per heavy atom. The van der Waals surface area contributed by atoms with Crippen LogP contribution in [0.1, 0.15) is 19.8 Å². The Hall–Kier alpha value is -1.45. The third-order valence-corrected chi connectivity index (χ3v) is 3.59. The molecule has 0 aliphatic rings. The number of carboxylic acids is 1. The van der Waals surface area contributed by atoms with Crippen molar-refractivity contribution in [2.45, 2.75) is 19.8 Å². The Morgan fingerprint density at radius 3 is 2.75 bits per heavy atom. The molecule has 8 heteroatoms. The second-order valence-corrected chi connectivity index (χ2v) is 5.41. The molecule has 1 rings (SSSR count). The zero-order chi connectivity index (χ0) is 15.3. The van der Waals surface area contributed by atoms with Crippen molar-refractivity contribution in [1.29, 1.82) is 0 Å². The number of hydrogen-bond acceptors (Lipinski definition) is 4. The SMILES string of the molecule is CCCC(CNc1cc(F)c(I)cc1[N+](=O)[O-])C(=O)O. The summed E-state index contributed by atoms with van der Waals surface area (Å²) in [7, 11) is 0. The van der Waals surface area contributed by atoms with Gasteiger partial charge in [-0.3, -0.25) is 14.9 Å². The number of nitro groups is 1. The maximum atomic E-state index is 13.5. The largest absolute Gasteiger partial charge is 0.481 e. The molecular weight excluding hydrogens is 382 g/mol. The van der Waals surface area contributed by atoms with Gasteiger partial charge >= 0.3 is 5.97 Å². The molecule has 0 heterocycles. The van der Waals surface area contributed by atoms with Crippen molar-refractivity contribution < 1.29 is 19.2 Å². The van der Waals surface area contributed by atoms with E-state index in [1.807, 2.05) is 6.92 Å². The standard InChI is InChI=1S/C12H14FIN2O4/c1-2-3-7(12(17)18)6-15-10-4-8(13)9(14)5-11(10)16(19)20/h4-5,7,15H,2-3,6H2,1H3,(H,17,18). The molecule has 20 heavy (non-hydrogen) atoms. The molecule has 0 aromatic heterocycles. The van der Waals surface area contributed by atoms with Gasteiger partial charge in [-0.1, -0.05) is 13.3 Å². The van der Waals surface area contributed by atoms with Crippen molar-refractivity contribution >= 4 is 39.9 Å². The molecule has 0 aliphatic heterocycles. The van der Waals surface area contributed by atoms with Crippen LogP contribution < -0.4 is 5.32 Å². The minimum atomic E-state index is -0.979. The molecule has 0 amide bonds. The average molecular weight is 396 g/mol. The number of nitrogens with zero attached hydrogens (tertiary/aromatic N) is 1. The number of halogens is 2. The number of benzene rings is 1. The van der Waals surface area contributed by atoms with Crippen LogP contribution in [0, 0.1) is 25.4 Å². The van der Waals surface area contributed by atoms with Crippen LogP contribution in [0.4, 0.5) is 15.8 Å². The second-order valence-electron chi connectivity index (χ2n) is 4.25. The van der Waals surface area contributed by atoms with Gasteiger partial charge in [-0.2, -0.15) is 0 Å². The highest BCUT2D eigenvalue weighted by Gasteiger charge is 2.21. The zero-order valence-corrected chi connectivity index (χ0v) is 12.9. The first-order valence-corrected chi connectivity index (χ1v) is 7.04. The van der Waals surface area contributed by atoms with E-state index in [9.17, 15) is 19.3 Å². The monoisotopic (exact) mass is 396 g/mol. The summed E-state index contributed by atoms with van der Waals surface area (Å²) in [6.45, 7) is 1.87. The molecule has 0 fully saturated rings. The summed E-state index contributed by atoms with van der Waals surface area (Å²) < 4.78 is 13.6. The molecule has 1 aromatic carbocycles. The van der Waals surface area contributed by atoms with Crippen molar-refractivity contribution in [1.82, 2.24) is 0 Å². The quantitative estimate of drug-likeness (QED) is 0.420. The van der Waals surface area contributed by atoms with Crippen LogP contribution in [0.5, 0.6) is 0 Å². The molecule has 1 aromatic rings. The van der Waals surface area contributed by atoms with Crippen molar-refractivity contribution in [2.24, 2.45) is 5.92 Å². The number of hydrogen-bond donors (Lipinski definition) is 2. The number of nitrogens with one attached hydrogen (secondary N) is 1. The summed E-state index contributed by atoms with van der Waals surface area (Å²) in [5.74, 6) is -2.23. The van der Waals surface area contributed by atoms with Gasteiger partial charge in [-0.15, -0.1) is 0 Å². The van der Waals surface area contributed by atoms with Gasteiger partial charge in [-0.25, -0.2) is 4.39 Å². The Morgan fingerprint density at radius 2 is 2.25 bits per heavy atom. The lowest BCUT2D eigenvalue weighted by Gasteiger charge is -2.13. The Balaban J connectivity index is 2.93. The normalized spacial score (nSPS) is 11.9. The van der Waals surface area contributed by atoms with E-state index < -0.39 is 22.6 Å². The van der Waals surface area contributed by atoms with Crippen LogP contribution in [0.15, 0.2) is 12.1 Å². The van der Waals surface area contributed by atoms with Crippen LogP contribution >= 0.6 is 22.6 Å². The molecule has 0 aliphatic carbocycles. The average Bonchev–Trinajstić information content (AvgIpc) is 2.37. The molecule has 0 bridgehead atoms. The molecule has 0 radical (unpaired) electrons. The van der Waals surface area contributed by atoms with E-state index in [4.69, 9.17) is 5.11 Å². The van der Waals surface area contributed by atoms with Crippen molar-refractivity contribution in [2.75, 3.05) is 11.9 Å². The van der Waals surface area contributed by atoms with Gasteiger partial charge in [0, 0.05) is 18.7 Å². The fourth-order valence-corrected chi connectivity index (χ4v) is 2.17. The lowest BCUT2D eigenvalue weighted by Crippen LogP contribution is -2.23. The minimum Gasteiger partial charge on any atom is -0.481 e. The van der Waals surface area contributed by atoms with Gasteiger partial charge in [0.1, 0.15) is 11.5 Å². The highest BCUT2D eigenvalue weighted by atomic mass is 127. The smallest absolute Gasteiger partial charge is 0.308 e. The molecular formula is C12H14FIN2O4. The summed E-state index contributed by atoms with van der Waals surface area (Å²) in [5.41, 5.74) is -0.272. The maximum Gasteiger partial charge on any atom is 0.308 e. The first-order chi connectivity index (χ1) is 9.36. The van der Waals surface area contributed by atoms with Crippen LogP contribution in [0.25, 0.3) is 0 Å². The topological polar surface area (TPSA) is 92.5 Å². The Labute approximate surface area is 128 Å². The summed E-state index contributed by atoms with van der Waals surface area (Å²) in [4.78, 5) is 21.3. The van der Waals surface area contributed by atoms with E-state index in [0.29, 0.717) is 12.8 Å². The number of rotatable bonds is 7. The van der Waals surface area contributed by atoms with Crippen LogP contribution in [0.2, 0.25) is 0 Å². The third kappa shape index (κ3) is 4.29. The van der Waals surface area contributed by atoms with E-state index in [-0.39, 0.29) is 21.5 Å². The maximum absolute atomic E-state index is 13.5. The molecule has 6 nitrogen and oxygen atoms in total. The first kappa shape index (κ1) is 16.6. The van der Waals surface area contributed by atoms with Crippen molar-refractivity contribution in [3.8, 4) is 0 Å². The van der Waals surface area contributed by atoms with Crippen LogP contribution in [-0.2, 0) is 4.79 Å².